The van der Waals surface area contributed by atoms with Gasteiger partial charge >= 0.3 is 16.1 Å². The molecule has 1 fully saturated rings. The molecule has 0 radical (unpaired) electrons. The normalized spacial score (nSPS) is 17.5. The van der Waals surface area contributed by atoms with Gasteiger partial charge in [-0.1, -0.05) is 12.1 Å². The van der Waals surface area contributed by atoms with Crippen LogP contribution in [-0.4, -0.2) is 63.9 Å². The molecule has 0 aromatic heterocycles. The van der Waals surface area contributed by atoms with Gasteiger partial charge in [0.1, 0.15) is 5.75 Å². The van der Waals surface area contributed by atoms with Gasteiger partial charge in [-0.05, 0) is 30.5 Å². The first-order chi connectivity index (χ1) is 11.2. The van der Waals surface area contributed by atoms with E-state index in [1.807, 2.05) is 0 Å². The summed E-state index contributed by atoms with van der Waals surface area (Å²) in [6.07, 6.45) is 3.05. The Morgan fingerprint density at radius 1 is 1.29 bits per heavy atom. The second kappa shape index (κ2) is 7.85. The fourth-order valence-corrected chi connectivity index (χ4v) is 3.03. The monoisotopic (exact) mass is 356 g/mol. The number of carbonyl (C=O) groups is 1. The molecule has 7 nitrogen and oxygen atoms in total. The van der Waals surface area contributed by atoms with E-state index in [2.05, 4.69) is 0 Å². The van der Waals surface area contributed by atoms with Crippen LogP contribution in [0.1, 0.15) is 18.4 Å². The number of rotatable bonds is 6. The van der Waals surface area contributed by atoms with E-state index in [0.29, 0.717) is 13.1 Å². The average molecular weight is 356 g/mol. The summed E-state index contributed by atoms with van der Waals surface area (Å²) in [6, 6.07) is 6.60. The maximum atomic E-state index is 12.4. The van der Waals surface area contributed by atoms with Crippen molar-refractivity contribution >= 4 is 16.1 Å². The number of hydrogen-bond donors (Lipinski definition) is 0. The summed E-state index contributed by atoms with van der Waals surface area (Å²) in [4.78, 5) is 15.7. The predicted octanol–water partition coefficient (Wildman–Crippen LogP) is 1.69. The van der Waals surface area contributed by atoms with E-state index >= 15 is 0 Å². The fourth-order valence-electron chi connectivity index (χ4n) is 2.57. The zero-order valence-electron chi connectivity index (χ0n) is 14.3. The second-order valence-corrected chi connectivity index (χ2v) is 7.70. The molecule has 0 unspecified atom stereocenters. The zero-order valence-corrected chi connectivity index (χ0v) is 15.1. The van der Waals surface area contributed by atoms with Gasteiger partial charge in [-0.3, -0.25) is 0 Å². The highest BCUT2D eigenvalue weighted by Crippen LogP contribution is 2.18. The third-order valence-electron chi connectivity index (χ3n) is 3.65. The lowest BCUT2D eigenvalue weighted by Gasteiger charge is -2.28. The third-order valence-corrected chi connectivity index (χ3v) is 4.14. The second-order valence-electron chi connectivity index (χ2n) is 6.12. The van der Waals surface area contributed by atoms with Gasteiger partial charge in [0.05, 0.1) is 12.4 Å². The highest BCUT2D eigenvalue weighted by molar-refractivity contribution is 7.86. The summed E-state index contributed by atoms with van der Waals surface area (Å²) in [5, 5.41) is 0. The first kappa shape index (κ1) is 18.5. The molecule has 1 heterocycles. The van der Waals surface area contributed by atoms with Gasteiger partial charge in [-0.15, -0.1) is 0 Å². The maximum absolute atomic E-state index is 12.4. The average Bonchev–Trinajstić information content (AvgIpc) is 2.99. The molecule has 8 heteroatoms. The first-order valence-corrected chi connectivity index (χ1v) is 9.62. The van der Waals surface area contributed by atoms with Crippen LogP contribution in [0.4, 0.5) is 4.79 Å². The molecule has 0 spiro atoms. The highest BCUT2D eigenvalue weighted by Gasteiger charge is 2.23. The van der Waals surface area contributed by atoms with E-state index in [1.165, 1.54) is 4.90 Å². The number of urea groups is 1. The van der Waals surface area contributed by atoms with Crippen molar-refractivity contribution in [3.63, 3.8) is 0 Å². The zero-order chi connectivity index (χ0) is 17.7. The number of ether oxygens (including phenoxy) is 1. The Kier molecular flexibility index (Phi) is 6.06. The van der Waals surface area contributed by atoms with Gasteiger partial charge in [0.15, 0.2) is 0 Å². The van der Waals surface area contributed by atoms with Crippen molar-refractivity contribution in [3.05, 3.63) is 29.8 Å². The minimum Gasteiger partial charge on any atom is -0.383 e. The van der Waals surface area contributed by atoms with E-state index in [0.717, 1.165) is 31.3 Å². The molecule has 0 bridgehead atoms. The minimum absolute atomic E-state index is 0.0711. The Hall–Kier alpha value is -1.80. The Bertz CT molecular complexity index is 652. The Balaban J connectivity index is 2.06. The topological polar surface area (TPSA) is 76.2 Å². The van der Waals surface area contributed by atoms with E-state index in [9.17, 15) is 13.2 Å². The molecule has 1 aliphatic rings. The standard InChI is InChI=1S/C16H24N2O5S/c1-17(2)16(19)18(12-15-5-4-10-22-15)11-13-6-8-14(9-7-13)23-24(3,20)21/h6-9,15H,4-5,10-12H2,1-3H3/t15-/m1/s1. The summed E-state index contributed by atoms with van der Waals surface area (Å²) in [6.45, 7) is 1.71. The van der Waals surface area contributed by atoms with E-state index < -0.39 is 10.1 Å². The maximum Gasteiger partial charge on any atom is 0.319 e. The summed E-state index contributed by atoms with van der Waals surface area (Å²) >= 11 is 0. The largest absolute Gasteiger partial charge is 0.383 e. The quantitative estimate of drug-likeness (QED) is 0.725. The minimum atomic E-state index is -3.54. The molecule has 2 rings (SSSR count). The van der Waals surface area contributed by atoms with Gasteiger partial charge in [-0.25, -0.2) is 4.79 Å². The molecule has 0 aliphatic carbocycles. The van der Waals surface area contributed by atoms with Crippen LogP contribution in [0, 0.1) is 0 Å². The van der Waals surface area contributed by atoms with Gasteiger partial charge in [0, 0.05) is 33.8 Å². The summed E-state index contributed by atoms with van der Waals surface area (Å²) < 4.78 is 32.7. The van der Waals surface area contributed by atoms with Crippen LogP contribution in [0.25, 0.3) is 0 Å². The van der Waals surface area contributed by atoms with Crippen LogP contribution in [0.2, 0.25) is 0 Å². The van der Waals surface area contributed by atoms with Crippen molar-refractivity contribution in [1.82, 2.24) is 9.80 Å². The van der Waals surface area contributed by atoms with Crippen molar-refractivity contribution in [1.29, 1.82) is 0 Å². The van der Waals surface area contributed by atoms with Crippen molar-refractivity contribution in [2.24, 2.45) is 0 Å². The number of amides is 2. The van der Waals surface area contributed by atoms with Gasteiger partial charge in [-0.2, -0.15) is 8.42 Å². The SMILES string of the molecule is CN(C)C(=O)N(Cc1ccc(OS(C)(=O)=O)cc1)C[C@H]1CCCO1. The molecular weight excluding hydrogens is 332 g/mol. The van der Waals surface area contributed by atoms with Crippen LogP contribution in [0.5, 0.6) is 5.75 Å². The van der Waals surface area contributed by atoms with Gasteiger partial charge < -0.3 is 18.7 Å². The van der Waals surface area contributed by atoms with Crippen molar-refractivity contribution in [2.75, 3.05) is 33.5 Å². The third kappa shape index (κ3) is 5.68. The van der Waals surface area contributed by atoms with Crippen molar-refractivity contribution in [2.45, 2.75) is 25.5 Å². The molecule has 1 saturated heterocycles. The van der Waals surface area contributed by atoms with Crippen LogP contribution < -0.4 is 4.18 Å². The number of benzene rings is 1. The Morgan fingerprint density at radius 2 is 1.96 bits per heavy atom. The molecule has 134 valence electrons. The molecule has 1 aliphatic heterocycles. The van der Waals surface area contributed by atoms with Crippen LogP contribution in [0.3, 0.4) is 0 Å². The molecule has 24 heavy (non-hydrogen) atoms. The van der Waals surface area contributed by atoms with Crippen LogP contribution in [-0.2, 0) is 21.4 Å². The van der Waals surface area contributed by atoms with Gasteiger partial charge in [0.2, 0.25) is 0 Å². The molecule has 0 saturated carbocycles. The smallest absolute Gasteiger partial charge is 0.319 e. The number of carbonyl (C=O) groups excluding carboxylic acids is 1. The highest BCUT2D eigenvalue weighted by atomic mass is 32.2. The Labute approximate surface area is 143 Å². The molecule has 1 atom stereocenters. The number of nitrogens with zero attached hydrogens (tertiary/aromatic N) is 2. The van der Waals surface area contributed by atoms with E-state index in [-0.39, 0.29) is 17.9 Å². The molecule has 1 aromatic carbocycles. The lowest BCUT2D eigenvalue weighted by atomic mass is 10.2. The van der Waals surface area contributed by atoms with Crippen LogP contribution in [0.15, 0.2) is 24.3 Å². The fraction of sp³-hybridized carbons (Fsp3) is 0.562. The van der Waals surface area contributed by atoms with E-state index in [4.69, 9.17) is 8.92 Å². The van der Waals surface area contributed by atoms with Crippen molar-refractivity contribution < 1.29 is 22.1 Å². The summed E-state index contributed by atoms with van der Waals surface area (Å²) in [5.41, 5.74) is 0.893. The Morgan fingerprint density at radius 3 is 2.46 bits per heavy atom. The molecule has 0 N–H and O–H groups in total. The first-order valence-electron chi connectivity index (χ1n) is 7.81. The molecule has 2 amide bonds. The molecular formula is C16H24N2O5S. The van der Waals surface area contributed by atoms with E-state index in [1.54, 1.807) is 43.3 Å². The molecule has 1 aromatic rings. The van der Waals surface area contributed by atoms with Gasteiger partial charge in [0.25, 0.3) is 0 Å². The summed E-state index contributed by atoms with van der Waals surface area (Å²) in [7, 11) is -0.109. The predicted molar refractivity (Wildman–Crippen MR) is 90.4 cm³/mol. The summed E-state index contributed by atoms with van der Waals surface area (Å²) in [5.74, 6) is 0.255. The lowest BCUT2D eigenvalue weighted by Crippen LogP contribution is -2.42. The lowest BCUT2D eigenvalue weighted by molar-refractivity contribution is 0.0743. The van der Waals surface area contributed by atoms with Crippen molar-refractivity contribution in [3.8, 4) is 5.75 Å². The van der Waals surface area contributed by atoms with Crippen LogP contribution >= 0.6 is 0 Å². The number of hydrogen-bond acceptors (Lipinski definition) is 5.